The fourth-order valence-corrected chi connectivity index (χ4v) is 15.1. The van der Waals surface area contributed by atoms with E-state index in [2.05, 4.69) is 303 Å². The van der Waals surface area contributed by atoms with E-state index in [9.17, 15) is 14.4 Å². The third kappa shape index (κ3) is 28.8. The van der Waals surface area contributed by atoms with Crippen molar-refractivity contribution in [2.75, 3.05) is 46.8 Å². The van der Waals surface area contributed by atoms with Crippen LogP contribution in [0.3, 0.4) is 0 Å². The number of hydrogen-bond acceptors (Lipinski definition) is 9. The Bertz CT molecular complexity index is 2850. The number of aliphatic carboxylic acids is 1. The van der Waals surface area contributed by atoms with Crippen molar-refractivity contribution in [1.29, 1.82) is 0 Å². The molecule has 0 aromatic heterocycles. The molecule has 0 aromatic carbocycles. The van der Waals surface area contributed by atoms with Crippen molar-refractivity contribution in [3.8, 4) is 0 Å². The maximum atomic E-state index is 11.7. The van der Waals surface area contributed by atoms with Crippen molar-refractivity contribution in [1.82, 2.24) is 9.80 Å². The van der Waals surface area contributed by atoms with Crippen molar-refractivity contribution >= 4 is 17.8 Å². The van der Waals surface area contributed by atoms with Gasteiger partial charge < -0.3 is 38.6 Å². The molecule has 11 heteroatoms. The molecular formula is C90H162N2O9. The largest absolute Gasteiger partial charge is 0.497 e. The second-order valence-electron chi connectivity index (χ2n) is 44.1. The number of hydrogen-bond donors (Lipinski definition) is 1. The van der Waals surface area contributed by atoms with E-state index in [0.717, 1.165) is 80.4 Å². The summed E-state index contributed by atoms with van der Waals surface area (Å²) in [5.74, 6) is 3.98. The van der Waals surface area contributed by atoms with Crippen LogP contribution in [-0.4, -0.2) is 79.5 Å². The number of carbonyl (C=O) groups excluding carboxylic acids is 2. The number of ether oxygens (including phenoxy) is 5. The molecule has 0 fully saturated rings. The number of allylic oxidation sites excluding steroid dienone is 10. The van der Waals surface area contributed by atoms with E-state index < -0.39 is 5.97 Å². The van der Waals surface area contributed by atoms with E-state index in [1.54, 1.807) is 18.1 Å². The van der Waals surface area contributed by atoms with Crippen molar-refractivity contribution in [3.05, 3.63) is 79.0 Å². The normalized spacial score (nSPS) is 19.5. The highest BCUT2D eigenvalue weighted by atomic mass is 16.7. The second kappa shape index (κ2) is 34.0. The number of carbonyl (C=O) groups is 3. The van der Waals surface area contributed by atoms with Gasteiger partial charge in [0, 0.05) is 70.7 Å². The van der Waals surface area contributed by atoms with Gasteiger partial charge in [0.1, 0.15) is 36.3 Å². The average Bonchev–Trinajstić information content (AvgIpc) is 1.79. The van der Waals surface area contributed by atoms with Gasteiger partial charge >= 0.3 is 11.9 Å². The summed E-state index contributed by atoms with van der Waals surface area (Å²) >= 11 is 0. The SMILES string of the molecule is CC(=O)N1CCC(C(C)(C)C)=C1C(C)(C)C.CC(C)(C)C1=C(C(C)(C)C)C(=O)OC1.CC(C)(C)C1=C(C(C)(C)C)C(CC(=O)O)CC1.CC(C)(C)C1=C(C(C)(C)C)CCC1.CC(C)(C)C1=C(C(C)(C)C)OCC1.CC(C)(C)C1=C(C(C)(C)C)OCO1.CN1CCOC(C(C)(C)C)=C1C(C)(C)C. The third-order valence-corrected chi connectivity index (χ3v) is 19.4. The molecule has 1 N–H and O–H groups in total. The second-order valence-corrected chi connectivity index (χ2v) is 44.1. The molecule has 5 aliphatic heterocycles. The maximum Gasteiger partial charge on any atom is 0.334 e. The molecule has 0 radical (unpaired) electrons. The summed E-state index contributed by atoms with van der Waals surface area (Å²) in [5, 5.41) is 9.02. The zero-order chi connectivity index (χ0) is 80.0. The highest BCUT2D eigenvalue weighted by Gasteiger charge is 2.43. The maximum absolute atomic E-state index is 11.7. The molecule has 586 valence electrons. The van der Waals surface area contributed by atoms with E-state index in [1.807, 2.05) is 4.90 Å². The number of carboxylic acid groups (broad SMARTS) is 1. The molecule has 7 aliphatic rings. The average molecular weight is 1420 g/mol. The van der Waals surface area contributed by atoms with Crippen LogP contribution in [0.15, 0.2) is 79.0 Å². The Kier molecular flexibility index (Phi) is 31.9. The van der Waals surface area contributed by atoms with Gasteiger partial charge in [0.15, 0.2) is 0 Å². The lowest BCUT2D eigenvalue weighted by atomic mass is 9.73. The van der Waals surface area contributed by atoms with Gasteiger partial charge in [-0.3, -0.25) is 9.59 Å². The van der Waals surface area contributed by atoms with Gasteiger partial charge in [-0.05, 0) is 104 Å². The van der Waals surface area contributed by atoms with Gasteiger partial charge in [-0.25, -0.2) is 4.79 Å². The fourth-order valence-electron chi connectivity index (χ4n) is 15.1. The summed E-state index contributed by atoms with van der Waals surface area (Å²) in [7, 11) is 2.16. The number of nitrogens with zero attached hydrogens (tertiary/aromatic N) is 2. The van der Waals surface area contributed by atoms with Crippen molar-refractivity contribution in [2.24, 2.45) is 81.7 Å². The number of amides is 1. The van der Waals surface area contributed by atoms with Gasteiger partial charge in [-0.2, -0.15) is 0 Å². The Morgan fingerprint density at radius 1 is 0.376 bits per heavy atom. The first-order valence-corrected chi connectivity index (χ1v) is 38.6. The summed E-state index contributed by atoms with van der Waals surface area (Å²) in [6.45, 7) is 98.9. The predicted octanol–water partition coefficient (Wildman–Crippen LogP) is 25.6. The molecule has 2 aliphatic carbocycles. The quantitative estimate of drug-likeness (QED) is 0.211. The number of esters is 1. The fraction of sp³-hybridized carbons (Fsp3) is 0.811. The molecule has 1 amide bonds. The molecule has 1 unspecified atom stereocenters. The van der Waals surface area contributed by atoms with Crippen LogP contribution < -0.4 is 0 Å². The molecule has 5 heterocycles. The highest BCUT2D eigenvalue weighted by Crippen LogP contribution is 2.52. The minimum atomic E-state index is -0.674. The number of cyclic esters (lactones) is 1. The zero-order valence-electron chi connectivity index (χ0n) is 74.6. The lowest BCUT2D eigenvalue weighted by Gasteiger charge is -2.41. The summed E-state index contributed by atoms with van der Waals surface area (Å²) in [6, 6.07) is 0. The minimum absolute atomic E-state index is 0.0226. The summed E-state index contributed by atoms with van der Waals surface area (Å²) in [6.07, 6.45) is 8.52. The van der Waals surface area contributed by atoms with Crippen LogP contribution in [0.1, 0.15) is 349 Å². The first kappa shape index (κ1) is 94.6. The summed E-state index contributed by atoms with van der Waals surface area (Å²) in [5.41, 5.74) is 15.8. The summed E-state index contributed by atoms with van der Waals surface area (Å²) in [4.78, 5) is 38.5. The number of likely N-dealkylation sites (N-methyl/N-ethyl adjacent to an activating group) is 1. The van der Waals surface area contributed by atoms with Gasteiger partial charge in [0.2, 0.25) is 12.7 Å². The molecule has 0 spiro atoms. The Morgan fingerprint density at radius 3 is 1.06 bits per heavy atom. The highest BCUT2D eigenvalue weighted by molar-refractivity contribution is 5.93. The Hall–Kier alpha value is -4.41. The van der Waals surface area contributed by atoms with Gasteiger partial charge in [0.05, 0.1) is 25.3 Å². The zero-order valence-corrected chi connectivity index (χ0v) is 74.6. The van der Waals surface area contributed by atoms with Crippen molar-refractivity contribution in [3.63, 3.8) is 0 Å². The van der Waals surface area contributed by atoms with E-state index >= 15 is 0 Å². The molecule has 0 bridgehead atoms. The third-order valence-electron chi connectivity index (χ3n) is 19.4. The molecule has 1 atom stereocenters. The Morgan fingerprint density at radius 2 is 0.762 bits per heavy atom. The Balaban J connectivity index is 0.000000590. The van der Waals surface area contributed by atoms with Crippen LogP contribution in [0.5, 0.6) is 0 Å². The monoisotopic (exact) mass is 1420 g/mol. The van der Waals surface area contributed by atoms with Crippen LogP contribution in [0.25, 0.3) is 0 Å². The number of carboxylic acids is 1. The van der Waals surface area contributed by atoms with Crippen LogP contribution in [0.2, 0.25) is 0 Å². The van der Waals surface area contributed by atoms with Gasteiger partial charge in [-0.1, -0.05) is 313 Å². The molecule has 7 rings (SSSR count). The van der Waals surface area contributed by atoms with Crippen LogP contribution in [-0.2, 0) is 38.1 Å². The standard InChI is InChI=1S/C15H26O2.C14H25NO.C13H25NO.C13H24.C12H20O2.C12H22O.C11H20O2/c1-14(2,3)11-8-7-10(9-12(16)17)13(11)15(4,5)6;1-10(16)15-9-8-11(13(2,3)4)12(15)14(5,6)7;1-12(2,3)10-11(13(4,5)6)15-9-8-14(10)7;1-12(2,3)10-8-7-9-11(10)13(4,5)6;1-11(2,3)8-7-14-10(13)9(8)12(4,5)6;1-11(2,3)9-7-8-13-10(9)12(4,5)6;1-10(2,3)8-9(11(4,5)6)13-7-12-8/h10H,7-9H2,1-6H3,(H,16,17);8-9H2,1-7H3;8-9H2,1-7H3;7-9H2,1-6H3;7H2,1-6H3;7-8H2,1-6H3;7H2,1-6H3. The van der Waals surface area contributed by atoms with Crippen molar-refractivity contribution < 1.29 is 43.2 Å². The van der Waals surface area contributed by atoms with Crippen LogP contribution in [0.4, 0.5) is 0 Å². The lowest BCUT2D eigenvalue weighted by molar-refractivity contribution is -0.138. The molecule has 0 aromatic rings. The van der Waals surface area contributed by atoms with Crippen LogP contribution >= 0.6 is 0 Å². The molecule has 0 saturated heterocycles. The lowest BCUT2D eigenvalue weighted by Crippen LogP contribution is -2.38. The predicted molar refractivity (Wildman–Crippen MR) is 430 cm³/mol. The van der Waals surface area contributed by atoms with Crippen LogP contribution in [0, 0.1) is 81.7 Å². The summed E-state index contributed by atoms with van der Waals surface area (Å²) < 4.78 is 27.8. The van der Waals surface area contributed by atoms with E-state index in [4.69, 9.17) is 28.8 Å². The Labute approximate surface area is 624 Å². The first-order chi connectivity index (χ1) is 44.5. The molecule has 101 heavy (non-hydrogen) atoms. The smallest absolute Gasteiger partial charge is 0.334 e. The van der Waals surface area contributed by atoms with Crippen molar-refractivity contribution in [2.45, 2.75) is 349 Å². The van der Waals surface area contributed by atoms with Gasteiger partial charge in [0.25, 0.3) is 0 Å². The topological polar surface area (TPSA) is 124 Å². The number of rotatable bonds is 2. The van der Waals surface area contributed by atoms with E-state index in [0.29, 0.717) is 24.2 Å². The van der Waals surface area contributed by atoms with Gasteiger partial charge in [-0.15, -0.1) is 0 Å². The first-order valence-electron chi connectivity index (χ1n) is 38.6. The minimum Gasteiger partial charge on any atom is -0.497 e. The van der Waals surface area contributed by atoms with E-state index in [1.165, 1.54) is 58.7 Å². The molecule has 11 nitrogen and oxygen atoms in total. The van der Waals surface area contributed by atoms with E-state index in [-0.39, 0.29) is 89.2 Å². The molecular weight excluding hydrogens is 1250 g/mol. The molecule has 0 saturated carbocycles.